The first-order valence-corrected chi connectivity index (χ1v) is 12.1. The van der Waals surface area contributed by atoms with Crippen molar-refractivity contribution in [3.8, 4) is 0 Å². The van der Waals surface area contributed by atoms with Crippen molar-refractivity contribution in [2.75, 3.05) is 0 Å². The van der Waals surface area contributed by atoms with Gasteiger partial charge in [0.05, 0.1) is 21.3 Å². The Labute approximate surface area is 185 Å². The number of fused-ring (bicyclic) bond motifs is 1. The van der Waals surface area contributed by atoms with E-state index in [1.165, 1.54) is 4.70 Å². The van der Waals surface area contributed by atoms with Crippen molar-refractivity contribution in [2.45, 2.75) is 70.6 Å². The number of nitrogens with zero attached hydrogens (tertiary/aromatic N) is 2. The van der Waals surface area contributed by atoms with E-state index >= 15 is 0 Å². The fraction of sp³-hybridized carbons (Fsp3) is 0.522. The van der Waals surface area contributed by atoms with Gasteiger partial charge in [-0.1, -0.05) is 26.0 Å². The van der Waals surface area contributed by atoms with Gasteiger partial charge in [0.1, 0.15) is 16.1 Å². The second-order valence-corrected chi connectivity index (χ2v) is 11.5. The number of ether oxygens (including phenoxy) is 1. The Balaban J connectivity index is 1.76. The molecule has 3 aromatic rings. The maximum Gasteiger partial charge on any atom is 0.326 e. The van der Waals surface area contributed by atoms with E-state index in [1.54, 1.807) is 22.7 Å². The van der Waals surface area contributed by atoms with Crippen LogP contribution in [0.3, 0.4) is 0 Å². The molecule has 0 spiro atoms. The molecular weight excluding hydrogens is 414 g/mol. The summed E-state index contributed by atoms with van der Waals surface area (Å²) in [6.45, 7) is 10.1. The first-order valence-electron chi connectivity index (χ1n) is 10.4. The minimum atomic E-state index is -0.750. The predicted octanol–water partition coefficient (Wildman–Crippen LogP) is 5.70. The summed E-state index contributed by atoms with van der Waals surface area (Å²) in [6, 6.07) is 8.15. The number of aromatic nitrogens is 2. The van der Waals surface area contributed by atoms with Crippen LogP contribution < -0.4 is 5.32 Å². The predicted molar refractivity (Wildman–Crippen MR) is 123 cm³/mol. The zero-order valence-electron chi connectivity index (χ0n) is 18.1. The molecule has 0 radical (unpaired) electrons. The Morgan fingerprint density at radius 3 is 2.70 bits per heavy atom. The molecule has 0 unspecified atom stereocenters. The molecule has 7 heteroatoms. The summed E-state index contributed by atoms with van der Waals surface area (Å²) < 4.78 is 7.07. The molecule has 1 aliphatic heterocycles. The van der Waals surface area contributed by atoms with Crippen LogP contribution in [0.5, 0.6) is 0 Å². The highest BCUT2D eigenvalue weighted by Gasteiger charge is 2.54. The fourth-order valence-electron chi connectivity index (χ4n) is 4.29. The van der Waals surface area contributed by atoms with Crippen molar-refractivity contribution >= 4 is 38.9 Å². The highest BCUT2D eigenvalue weighted by atomic mass is 32.1. The Kier molecular flexibility index (Phi) is 5.72. The lowest BCUT2D eigenvalue weighted by Crippen LogP contribution is -2.52. The van der Waals surface area contributed by atoms with E-state index in [9.17, 15) is 4.79 Å². The number of esters is 1. The molecule has 30 heavy (non-hydrogen) atoms. The molecule has 4 rings (SSSR count). The largest absolute Gasteiger partial charge is 0.459 e. The number of carbonyl (C=O) groups is 1. The van der Waals surface area contributed by atoms with E-state index in [0.717, 1.165) is 15.5 Å². The highest BCUT2D eigenvalue weighted by Crippen LogP contribution is 2.49. The number of rotatable bonds is 5. The van der Waals surface area contributed by atoms with Gasteiger partial charge in [-0.2, -0.15) is 0 Å². The zero-order valence-corrected chi connectivity index (χ0v) is 19.8. The minimum Gasteiger partial charge on any atom is -0.459 e. The standard InChI is InChI=1S/C23H29N3O2S2/c1-14(2)12-23(21(27)28-22(3,4)5)13-15(18(26-23)20-24-10-11-29-20)19-25-16-8-6-7-9-17(16)30-19/h6-11,14-15,18,26H,12-13H2,1-5H3/t15-,18+,23-/m0/s1. The van der Waals surface area contributed by atoms with Gasteiger partial charge >= 0.3 is 5.97 Å². The second kappa shape index (κ2) is 8.02. The number of thiazole rings is 2. The van der Waals surface area contributed by atoms with Crippen molar-refractivity contribution in [1.82, 2.24) is 15.3 Å². The summed E-state index contributed by atoms with van der Waals surface area (Å²) in [7, 11) is 0. The Bertz CT molecular complexity index is 990. The molecule has 5 nitrogen and oxygen atoms in total. The molecule has 0 bridgehead atoms. The van der Waals surface area contributed by atoms with Gasteiger partial charge in [0.15, 0.2) is 0 Å². The number of carbonyl (C=O) groups excluding carboxylic acids is 1. The molecule has 160 valence electrons. The third-order valence-electron chi connectivity index (χ3n) is 5.29. The lowest BCUT2D eigenvalue weighted by atomic mass is 9.84. The Hall–Kier alpha value is -1.83. The van der Waals surface area contributed by atoms with E-state index in [0.29, 0.717) is 18.8 Å². The fourth-order valence-corrected chi connectivity index (χ4v) is 6.15. The monoisotopic (exact) mass is 443 g/mol. The van der Waals surface area contributed by atoms with Crippen LogP contribution in [0.4, 0.5) is 0 Å². The van der Waals surface area contributed by atoms with Crippen molar-refractivity contribution in [1.29, 1.82) is 0 Å². The average Bonchev–Trinajstić information content (AvgIpc) is 3.37. The minimum absolute atomic E-state index is 0.0585. The first-order chi connectivity index (χ1) is 14.2. The second-order valence-electron chi connectivity index (χ2n) is 9.50. The maximum absolute atomic E-state index is 13.5. The molecule has 1 aromatic carbocycles. The Morgan fingerprint density at radius 1 is 1.30 bits per heavy atom. The van der Waals surface area contributed by atoms with Crippen LogP contribution in [0.1, 0.15) is 69.4 Å². The average molecular weight is 444 g/mol. The topological polar surface area (TPSA) is 64.1 Å². The zero-order chi connectivity index (χ0) is 21.5. The van der Waals surface area contributed by atoms with Crippen molar-refractivity contribution in [2.24, 2.45) is 5.92 Å². The lowest BCUT2D eigenvalue weighted by molar-refractivity contribution is -0.163. The number of hydrogen-bond acceptors (Lipinski definition) is 7. The summed E-state index contributed by atoms with van der Waals surface area (Å²) >= 11 is 3.33. The van der Waals surface area contributed by atoms with Crippen LogP contribution in [-0.2, 0) is 9.53 Å². The van der Waals surface area contributed by atoms with Crippen LogP contribution in [0.2, 0.25) is 0 Å². The number of para-hydroxylation sites is 1. The van der Waals surface area contributed by atoms with Gasteiger partial charge < -0.3 is 4.74 Å². The highest BCUT2D eigenvalue weighted by molar-refractivity contribution is 7.18. The van der Waals surface area contributed by atoms with Crippen molar-refractivity contribution in [3.63, 3.8) is 0 Å². The van der Waals surface area contributed by atoms with E-state index in [2.05, 4.69) is 30.2 Å². The smallest absolute Gasteiger partial charge is 0.326 e. The summed E-state index contributed by atoms with van der Waals surface area (Å²) in [5, 5.41) is 7.73. The SMILES string of the molecule is CC(C)C[C@@]1(C(=O)OC(C)(C)C)C[C@H](c2nc3ccccc3s2)[C@H](c2nccs2)N1. The van der Waals surface area contributed by atoms with Gasteiger partial charge in [-0.15, -0.1) is 22.7 Å². The maximum atomic E-state index is 13.5. The quantitative estimate of drug-likeness (QED) is 0.513. The van der Waals surface area contributed by atoms with Crippen molar-refractivity contribution < 1.29 is 9.53 Å². The van der Waals surface area contributed by atoms with E-state index in [4.69, 9.17) is 9.72 Å². The molecule has 3 atom stereocenters. The van der Waals surface area contributed by atoms with E-state index < -0.39 is 11.1 Å². The molecule has 0 saturated carbocycles. The lowest BCUT2D eigenvalue weighted by Gasteiger charge is -2.33. The van der Waals surface area contributed by atoms with Crippen LogP contribution in [0.15, 0.2) is 35.8 Å². The first kappa shape index (κ1) is 21.4. The summed E-state index contributed by atoms with van der Waals surface area (Å²) in [6.07, 6.45) is 3.20. The molecule has 0 amide bonds. The van der Waals surface area contributed by atoms with Gasteiger partial charge in [0.2, 0.25) is 0 Å². The third kappa shape index (κ3) is 4.29. The van der Waals surface area contributed by atoms with Gasteiger partial charge in [0.25, 0.3) is 0 Å². The van der Waals surface area contributed by atoms with Gasteiger partial charge in [-0.05, 0) is 51.7 Å². The van der Waals surface area contributed by atoms with Crippen LogP contribution >= 0.6 is 22.7 Å². The summed E-state index contributed by atoms with van der Waals surface area (Å²) in [4.78, 5) is 23.0. The molecule has 3 heterocycles. The normalized spacial score (nSPS) is 24.6. The number of benzene rings is 1. The Morgan fingerprint density at radius 2 is 2.07 bits per heavy atom. The number of hydrogen-bond donors (Lipinski definition) is 1. The van der Waals surface area contributed by atoms with Gasteiger partial charge in [-0.3, -0.25) is 10.1 Å². The van der Waals surface area contributed by atoms with Crippen molar-refractivity contribution in [3.05, 3.63) is 45.9 Å². The molecule has 1 N–H and O–H groups in total. The summed E-state index contributed by atoms with van der Waals surface area (Å²) in [5.74, 6) is 0.241. The molecule has 1 saturated heterocycles. The van der Waals surface area contributed by atoms with Crippen LogP contribution in [-0.4, -0.2) is 27.1 Å². The molecule has 0 aliphatic carbocycles. The number of nitrogens with one attached hydrogen (secondary N) is 1. The summed E-state index contributed by atoms with van der Waals surface area (Å²) in [5.41, 5.74) is -0.276. The van der Waals surface area contributed by atoms with Crippen LogP contribution in [0.25, 0.3) is 10.2 Å². The molecule has 1 fully saturated rings. The van der Waals surface area contributed by atoms with Gasteiger partial charge in [0, 0.05) is 17.5 Å². The molecule has 1 aliphatic rings. The third-order valence-corrected chi connectivity index (χ3v) is 7.32. The molecule has 2 aromatic heterocycles. The van der Waals surface area contributed by atoms with E-state index in [1.807, 2.05) is 50.5 Å². The molecular formula is C23H29N3O2S2. The van der Waals surface area contributed by atoms with Crippen LogP contribution in [0, 0.1) is 5.92 Å². The van der Waals surface area contributed by atoms with Gasteiger partial charge in [-0.25, -0.2) is 9.97 Å². The van der Waals surface area contributed by atoms with E-state index in [-0.39, 0.29) is 17.9 Å².